The molecule has 6 rings (SSSR count). The number of imidazole rings is 1. The predicted molar refractivity (Wildman–Crippen MR) is 151 cm³/mol. The molecule has 0 fully saturated rings. The fraction of sp³-hybridized carbons (Fsp3) is 0.259. The number of methoxy groups -OCH3 is 2. The fourth-order valence-corrected chi connectivity index (χ4v) is 6.00. The van der Waals surface area contributed by atoms with Crippen molar-refractivity contribution in [2.45, 2.75) is 25.4 Å². The molecule has 12 nitrogen and oxygen atoms in total. The summed E-state index contributed by atoms with van der Waals surface area (Å²) in [6, 6.07) is 6.00. The zero-order valence-corrected chi connectivity index (χ0v) is 24.0. The van der Waals surface area contributed by atoms with Crippen LogP contribution >= 0.6 is 23.2 Å². The van der Waals surface area contributed by atoms with Crippen LogP contribution in [0.1, 0.15) is 41.6 Å². The van der Waals surface area contributed by atoms with Crippen molar-refractivity contribution in [3.63, 3.8) is 0 Å². The third-order valence-corrected chi connectivity index (χ3v) is 7.62. The molecular weight excluding hydrogens is 573 g/mol. The van der Waals surface area contributed by atoms with Crippen LogP contribution in [0.25, 0.3) is 11.4 Å². The first-order valence-corrected chi connectivity index (χ1v) is 13.2. The van der Waals surface area contributed by atoms with E-state index in [1.807, 2.05) is 13.8 Å². The minimum atomic E-state index is -1.82. The van der Waals surface area contributed by atoms with Gasteiger partial charge in [0.15, 0.2) is 11.2 Å². The van der Waals surface area contributed by atoms with E-state index in [1.54, 1.807) is 22.8 Å². The van der Waals surface area contributed by atoms with Crippen molar-refractivity contribution < 1.29 is 19.1 Å². The van der Waals surface area contributed by atoms with Gasteiger partial charge in [0.2, 0.25) is 5.88 Å². The first-order chi connectivity index (χ1) is 19.5. The first-order valence-electron chi connectivity index (χ1n) is 12.4. The lowest BCUT2D eigenvalue weighted by atomic mass is 9.87. The minimum Gasteiger partial charge on any atom is -0.480 e. The largest absolute Gasteiger partial charge is 0.480 e. The topological polar surface area (TPSA) is 133 Å². The molecule has 2 amide bonds. The Morgan fingerprint density at radius 3 is 2.46 bits per heavy atom. The van der Waals surface area contributed by atoms with Gasteiger partial charge < -0.3 is 23.9 Å². The number of nitrogens with one attached hydrogen (secondary N) is 1. The highest BCUT2D eigenvalue weighted by molar-refractivity contribution is 6.32. The molecule has 0 saturated heterocycles. The summed E-state index contributed by atoms with van der Waals surface area (Å²) in [5, 5.41) is 3.46. The molecule has 4 aromatic rings. The third kappa shape index (κ3) is 3.60. The zero-order valence-electron chi connectivity index (χ0n) is 22.5. The van der Waals surface area contributed by atoms with Gasteiger partial charge in [-0.15, -0.1) is 0 Å². The SMILES string of the molecule is COc1ncc(-c2nc3c(n2C(C)C)[C@@]2(C(=O)Nc4cc(Cl)ccc42)N(c2cc(Cl)cn(C)c2=O)C3=O)c(OC)n1. The molecular formula is C27H23Cl2N7O5. The number of amides is 2. The lowest BCUT2D eigenvalue weighted by Crippen LogP contribution is -2.53. The Morgan fingerprint density at radius 1 is 1.02 bits per heavy atom. The van der Waals surface area contributed by atoms with Crippen LogP contribution in [0.3, 0.4) is 0 Å². The lowest BCUT2D eigenvalue weighted by molar-refractivity contribution is -0.119. The number of fused-ring (bicyclic) bond motifs is 4. The number of hydrogen-bond acceptors (Lipinski definition) is 8. The van der Waals surface area contributed by atoms with Crippen LogP contribution in [0.5, 0.6) is 11.9 Å². The summed E-state index contributed by atoms with van der Waals surface area (Å²) in [4.78, 5) is 56.6. The molecule has 41 heavy (non-hydrogen) atoms. The van der Waals surface area contributed by atoms with Crippen molar-refractivity contribution in [3.05, 3.63) is 74.0 Å². The molecule has 2 aliphatic heterocycles. The summed E-state index contributed by atoms with van der Waals surface area (Å²) in [5.41, 5.74) is -0.981. The second kappa shape index (κ2) is 9.32. The molecule has 5 heterocycles. The molecule has 1 spiro atoms. The van der Waals surface area contributed by atoms with E-state index >= 15 is 0 Å². The van der Waals surface area contributed by atoms with E-state index in [0.29, 0.717) is 27.7 Å². The van der Waals surface area contributed by atoms with E-state index < -0.39 is 22.9 Å². The molecule has 1 aromatic carbocycles. The normalized spacial score (nSPS) is 17.3. The summed E-state index contributed by atoms with van der Waals surface area (Å²) < 4.78 is 13.7. The Balaban J connectivity index is 1.74. The van der Waals surface area contributed by atoms with E-state index in [-0.39, 0.29) is 40.0 Å². The lowest BCUT2D eigenvalue weighted by Gasteiger charge is -2.35. The van der Waals surface area contributed by atoms with Crippen LogP contribution in [0.15, 0.2) is 41.5 Å². The maximum absolute atomic E-state index is 14.4. The van der Waals surface area contributed by atoms with E-state index in [2.05, 4.69) is 15.3 Å². The number of carbonyl (C=O) groups excluding carboxylic acids is 2. The summed E-state index contributed by atoms with van der Waals surface area (Å²) in [6.07, 6.45) is 2.90. The molecule has 210 valence electrons. The van der Waals surface area contributed by atoms with Gasteiger partial charge in [0.25, 0.3) is 17.4 Å². The molecule has 0 aliphatic carbocycles. The van der Waals surface area contributed by atoms with E-state index in [0.717, 1.165) is 0 Å². The van der Waals surface area contributed by atoms with Crippen LogP contribution in [0.4, 0.5) is 11.4 Å². The van der Waals surface area contributed by atoms with Crippen molar-refractivity contribution in [2.75, 3.05) is 24.4 Å². The third-order valence-electron chi connectivity index (χ3n) is 7.18. The van der Waals surface area contributed by atoms with Gasteiger partial charge in [-0.1, -0.05) is 29.3 Å². The summed E-state index contributed by atoms with van der Waals surface area (Å²) in [6.45, 7) is 3.77. The number of aryl methyl sites for hydroxylation is 1. The summed E-state index contributed by atoms with van der Waals surface area (Å²) in [5.74, 6) is -0.764. The maximum Gasteiger partial charge on any atom is 0.319 e. The molecule has 0 bridgehead atoms. The van der Waals surface area contributed by atoms with Gasteiger partial charge >= 0.3 is 6.01 Å². The molecule has 14 heteroatoms. The number of pyridine rings is 1. The van der Waals surface area contributed by atoms with Gasteiger partial charge in [0.05, 0.1) is 30.5 Å². The summed E-state index contributed by atoms with van der Waals surface area (Å²) >= 11 is 12.6. The number of rotatable bonds is 5. The number of aromatic nitrogens is 5. The molecule has 3 aromatic heterocycles. The number of nitrogens with zero attached hydrogens (tertiary/aromatic N) is 6. The van der Waals surface area contributed by atoms with E-state index in [9.17, 15) is 14.4 Å². The average molecular weight is 596 g/mol. The number of benzene rings is 1. The molecule has 1 atom stereocenters. The van der Waals surface area contributed by atoms with Crippen LogP contribution in [-0.4, -0.2) is 50.1 Å². The van der Waals surface area contributed by atoms with Gasteiger partial charge in [-0.3, -0.25) is 19.3 Å². The van der Waals surface area contributed by atoms with Gasteiger partial charge in [-0.2, -0.15) is 4.98 Å². The minimum absolute atomic E-state index is 0.0217. The smallest absolute Gasteiger partial charge is 0.319 e. The van der Waals surface area contributed by atoms with Crippen LogP contribution in [-0.2, 0) is 17.4 Å². The van der Waals surface area contributed by atoms with Crippen molar-refractivity contribution in [1.29, 1.82) is 0 Å². The highest BCUT2D eigenvalue weighted by Crippen LogP contribution is 2.54. The average Bonchev–Trinajstić information content (AvgIpc) is 3.54. The van der Waals surface area contributed by atoms with Gasteiger partial charge in [0, 0.05) is 41.8 Å². The zero-order chi connectivity index (χ0) is 29.4. The Morgan fingerprint density at radius 2 is 1.78 bits per heavy atom. The fourth-order valence-electron chi connectivity index (χ4n) is 5.57. The quantitative estimate of drug-likeness (QED) is 0.368. The number of carbonyl (C=O) groups is 2. The standard InChI is InChI=1S/C27H23Cl2N7O5/c1-12(2)35-20-19(32-21(35)15-10-30-26(41-5)33-22(15)40-4)24(38)36(18-9-14(29)11-34(3)23(18)37)27(20)16-7-6-13(28)8-17(16)31-25(27)39/h6-12H,1-5H3,(H,31,39)/t27-/m0/s1. The maximum atomic E-state index is 14.4. The molecule has 0 saturated carbocycles. The Labute approximate surface area is 243 Å². The van der Waals surface area contributed by atoms with Crippen molar-refractivity contribution in [1.82, 2.24) is 24.1 Å². The Hall–Kier alpha value is -4.42. The van der Waals surface area contributed by atoms with E-state index in [4.69, 9.17) is 37.7 Å². The Bertz CT molecular complexity index is 1850. The number of ether oxygens (including phenoxy) is 2. The monoisotopic (exact) mass is 595 g/mol. The molecule has 2 aliphatic rings. The number of hydrogen-bond donors (Lipinski definition) is 1. The highest BCUT2D eigenvalue weighted by atomic mass is 35.5. The predicted octanol–water partition coefficient (Wildman–Crippen LogP) is 3.80. The Kier molecular flexibility index (Phi) is 6.09. The van der Waals surface area contributed by atoms with Crippen LogP contribution in [0.2, 0.25) is 10.0 Å². The van der Waals surface area contributed by atoms with Gasteiger partial charge in [-0.05, 0) is 32.0 Å². The first kappa shape index (κ1) is 26.8. The van der Waals surface area contributed by atoms with Gasteiger partial charge in [-0.25, -0.2) is 9.97 Å². The summed E-state index contributed by atoms with van der Waals surface area (Å²) in [7, 11) is 4.38. The second-order valence-electron chi connectivity index (χ2n) is 9.83. The highest BCUT2D eigenvalue weighted by Gasteiger charge is 2.64. The van der Waals surface area contributed by atoms with Crippen LogP contribution < -0.4 is 25.2 Å². The number of halogens is 2. The molecule has 0 radical (unpaired) electrons. The molecule has 1 N–H and O–H groups in total. The second-order valence-corrected chi connectivity index (χ2v) is 10.7. The van der Waals surface area contributed by atoms with Crippen molar-refractivity contribution >= 4 is 46.4 Å². The molecule has 0 unspecified atom stereocenters. The van der Waals surface area contributed by atoms with Crippen LogP contribution in [0, 0.1) is 0 Å². The van der Waals surface area contributed by atoms with Gasteiger partial charge in [0.1, 0.15) is 11.5 Å². The number of anilines is 2. The van der Waals surface area contributed by atoms with Crippen molar-refractivity contribution in [2.24, 2.45) is 7.05 Å². The van der Waals surface area contributed by atoms with Crippen molar-refractivity contribution in [3.8, 4) is 23.3 Å². The van der Waals surface area contributed by atoms with E-state index in [1.165, 1.54) is 49.2 Å².